The van der Waals surface area contributed by atoms with Crippen LogP contribution in [0.15, 0.2) is 24.3 Å². The van der Waals surface area contributed by atoms with Crippen molar-refractivity contribution in [2.24, 2.45) is 0 Å². The Morgan fingerprint density at radius 2 is 2.00 bits per heavy atom. The van der Waals surface area contributed by atoms with Crippen LogP contribution in [0.1, 0.15) is 12.0 Å². The maximum absolute atomic E-state index is 12.1. The molecule has 1 aromatic carbocycles. The number of nitrogens with one attached hydrogen (secondary N) is 1. The summed E-state index contributed by atoms with van der Waals surface area (Å²) in [5.74, 6) is 0.482. The van der Waals surface area contributed by atoms with E-state index in [0.717, 1.165) is 17.6 Å². The fraction of sp³-hybridized carbons (Fsp3) is 0.562. The van der Waals surface area contributed by atoms with Crippen molar-refractivity contribution < 1.29 is 22.7 Å². The van der Waals surface area contributed by atoms with Crippen molar-refractivity contribution in [3.63, 3.8) is 0 Å². The van der Waals surface area contributed by atoms with Crippen LogP contribution in [0.3, 0.4) is 0 Å². The van der Waals surface area contributed by atoms with Crippen molar-refractivity contribution in [2.75, 3.05) is 39.6 Å². The van der Waals surface area contributed by atoms with E-state index in [9.17, 15) is 13.2 Å². The second-order valence-corrected chi connectivity index (χ2v) is 7.98. The molecule has 0 bridgehead atoms. The van der Waals surface area contributed by atoms with E-state index < -0.39 is 15.6 Å². The first-order valence-corrected chi connectivity index (χ1v) is 9.59. The molecule has 134 valence electrons. The summed E-state index contributed by atoms with van der Waals surface area (Å²) < 4.78 is 35.8. The van der Waals surface area contributed by atoms with Crippen LogP contribution in [-0.4, -0.2) is 64.4 Å². The number of hydrogen-bond donors (Lipinski definition) is 1. The van der Waals surface area contributed by atoms with E-state index in [1.807, 2.05) is 31.2 Å². The van der Waals surface area contributed by atoms with Crippen molar-refractivity contribution in [1.29, 1.82) is 0 Å². The Morgan fingerprint density at radius 1 is 1.33 bits per heavy atom. The molecule has 1 saturated heterocycles. The highest BCUT2D eigenvalue weighted by molar-refractivity contribution is 7.88. The second-order valence-electron chi connectivity index (χ2n) is 6.15. The van der Waals surface area contributed by atoms with Crippen molar-refractivity contribution in [3.8, 4) is 5.75 Å². The van der Waals surface area contributed by atoms with Crippen molar-refractivity contribution in [3.05, 3.63) is 29.8 Å². The minimum absolute atomic E-state index is 0.239. The number of aryl methyl sites for hydroxylation is 1. The molecule has 0 saturated carbocycles. The zero-order valence-corrected chi connectivity index (χ0v) is 15.1. The summed E-state index contributed by atoms with van der Waals surface area (Å²) in [6, 6.07) is 7.73. The predicted octanol–water partition coefficient (Wildman–Crippen LogP) is 0.541. The monoisotopic (exact) mass is 356 g/mol. The van der Waals surface area contributed by atoms with Crippen LogP contribution < -0.4 is 9.46 Å². The zero-order chi connectivity index (χ0) is 17.8. The van der Waals surface area contributed by atoms with Gasteiger partial charge in [-0.1, -0.05) is 17.7 Å². The smallest absolute Gasteiger partial charge is 0.237 e. The van der Waals surface area contributed by atoms with Crippen molar-refractivity contribution in [2.45, 2.75) is 18.9 Å². The molecule has 8 heteroatoms. The molecular formula is C16H24N2O5S. The van der Waals surface area contributed by atoms with Gasteiger partial charge < -0.3 is 14.4 Å². The Morgan fingerprint density at radius 3 is 2.58 bits per heavy atom. The van der Waals surface area contributed by atoms with Crippen LogP contribution in [0.4, 0.5) is 0 Å². The van der Waals surface area contributed by atoms with Gasteiger partial charge in [-0.3, -0.25) is 4.79 Å². The quantitative estimate of drug-likeness (QED) is 0.771. The molecule has 0 unspecified atom stereocenters. The highest BCUT2D eigenvalue weighted by atomic mass is 32.2. The Bertz CT molecular complexity index is 674. The number of likely N-dealkylation sites (tertiary alicyclic amines) is 1. The zero-order valence-electron chi connectivity index (χ0n) is 14.2. The molecule has 7 nitrogen and oxygen atoms in total. The van der Waals surface area contributed by atoms with E-state index >= 15 is 0 Å². The lowest BCUT2D eigenvalue weighted by molar-refractivity contribution is -0.130. The van der Waals surface area contributed by atoms with Crippen LogP contribution in [-0.2, 0) is 19.6 Å². The van der Waals surface area contributed by atoms with Gasteiger partial charge in [0.2, 0.25) is 15.9 Å². The highest BCUT2D eigenvalue weighted by Crippen LogP contribution is 2.26. The third-order valence-corrected chi connectivity index (χ3v) is 4.78. The van der Waals surface area contributed by atoms with Gasteiger partial charge in [0.05, 0.1) is 19.3 Å². The van der Waals surface area contributed by atoms with Gasteiger partial charge in [-0.05, 0) is 25.5 Å². The highest BCUT2D eigenvalue weighted by Gasteiger charge is 2.41. The summed E-state index contributed by atoms with van der Waals surface area (Å²) in [5.41, 5.74) is 0.575. The average molecular weight is 356 g/mol. The first-order chi connectivity index (χ1) is 11.2. The summed E-state index contributed by atoms with van der Waals surface area (Å²) in [5, 5.41) is 0. The van der Waals surface area contributed by atoms with Crippen LogP contribution in [0.25, 0.3) is 0 Å². The van der Waals surface area contributed by atoms with Crippen LogP contribution >= 0.6 is 0 Å². The van der Waals surface area contributed by atoms with Gasteiger partial charge in [-0.2, -0.15) is 0 Å². The van der Waals surface area contributed by atoms with E-state index in [4.69, 9.17) is 9.47 Å². The molecule has 1 heterocycles. The molecule has 0 spiro atoms. The summed E-state index contributed by atoms with van der Waals surface area (Å²) in [6.45, 7) is 2.98. The first-order valence-electron chi connectivity index (χ1n) is 7.70. The Balaban J connectivity index is 1.91. The minimum Gasteiger partial charge on any atom is -0.491 e. The first kappa shape index (κ1) is 18.7. The molecule has 0 radical (unpaired) electrons. The van der Waals surface area contributed by atoms with E-state index in [0.29, 0.717) is 26.1 Å². The van der Waals surface area contributed by atoms with E-state index in [1.165, 1.54) is 0 Å². The number of ether oxygens (including phenoxy) is 2. The number of benzene rings is 1. The molecule has 1 aliphatic heterocycles. The van der Waals surface area contributed by atoms with Gasteiger partial charge in [0.1, 0.15) is 18.0 Å². The maximum Gasteiger partial charge on any atom is 0.237 e. The molecule has 0 aliphatic carbocycles. The normalized spacial score (nSPS) is 21.0. The molecule has 1 N–H and O–H groups in total. The van der Waals surface area contributed by atoms with Gasteiger partial charge in [-0.15, -0.1) is 0 Å². The van der Waals surface area contributed by atoms with Crippen LogP contribution in [0.2, 0.25) is 0 Å². The number of nitrogens with zero attached hydrogens (tertiary/aromatic N) is 1. The molecular weight excluding hydrogens is 332 g/mol. The average Bonchev–Trinajstić information content (AvgIpc) is 2.97. The van der Waals surface area contributed by atoms with Gasteiger partial charge in [0.25, 0.3) is 0 Å². The van der Waals surface area contributed by atoms with E-state index in [-0.39, 0.29) is 12.5 Å². The van der Waals surface area contributed by atoms with Gasteiger partial charge >= 0.3 is 0 Å². The predicted molar refractivity (Wildman–Crippen MR) is 90.5 cm³/mol. The molecule has 1 amide bonds. The third kappa shape index (κ3) is 5.19. The number of carbonyl (C=O) groups is 1. The number of sulfonamides is 1. The lowest BCUT2D eigenvalue weighted by Gasteiger charge is -2.28. The summed E-state index contributed by atoms with van der Waals surface area (Å²) >= 11 is 0. The largest absolute Gasteiger partial charge is 0.491 e. The molecule has 1 aromatic rings. The van der Waals surface area contributed by atoms with Crippen molar-refractivity contribution >= 4 is 15.9 Å². The van der Waals surface area contributed by atoms with Gasteiger partial charge in [0, 0.05) is 13.7 Å². The number of carbonyl (C=O) groups excluding carboxylic acids is 1. The molecule has 24 heavy (non-hydrogen) atoms. The van der Waals surface area contributed by atoms with Crippen molar-refractivity contribution in [1.82, 2.24) is 9.62 Å². The number of hydrogen-bond acceptors (Lipinski definition) is 5. The summed E-state index contributed by atoms with van der Waals surface area (Å²) in [4.78, 5) is 13.7. The maximum atomic E-state index is 12.1. The Kier molecular flexibility index (Phi) is 5.84. The fourth-order valence-corrected chi connectivity index (χ4v) is 2.94. The topological polar surface area (TPSA) is 84.9 Å². The molecule has 1 aliphatic rings. The number of amides is 1. The fourth-order valence-electron chi connectivity index (χ4n) is 2.55. The summed E-state index contributed by atoms with van der Waals surface area (Å²) in [6.07, 6.45) is 1.67. The third-order valence-electron chi connectivity index (χ3n) is 4.11. The van der Waals surface area contributed by atoms with Gasteiger partial charge in [0.15, 0.2) is 0 Å². The Hall–Kier alpha value is -1.64. The van der Waals surface area contributed by atoms with Gasteiger partial charge in [-0.25, -0.2) is 13.1 Å². The minimum atomic E-state index is -3.39. The summed E-state index contributed by atoms with van der Waals surface area (Å²) in [7, 11) is -1.79. The van der Waals surface area contributed by atoms with Crippen LogP contribution in [0, 0.1) is 6.92 Å². The molecule has 1 fully saturated rings. The van der Waals surface area contributed by atoms with Crippen LogP contribution in [0.5, 0.6) is 5.75 Å². The molecule has 2 rings (SSSR count). The molecule has 0 aromatic heterocycles. The lowest BCUT2D eigenvalue weighted by Crippen LogP contribution is -2.44. The standard InChI is InChI=1S/C16H24N2O5S/c1-13-4-6-14(7-5-13)23-12-16(22-2)8-9-18(11-16)15(19)10-17-24(3,20)21/h4-7,17H,8-12H2,1-3H3/t16-/m0/s1. The van der Waals surface area contributed by atoms with E-state index in [2.05, 4.69) is 4.72 Å². The van der Waals surface area contributed by atoms with E-state index in [1.54, 1.807) is 12.0 Å². The Labute approximate surface area is 143 Å². The number of rotatable bonds is 7. The number of methoxy groups -OCH3 is 1. The molecule has 1 atom stereocenters. The second kappa shape index (κ2) is 7.50. The lowest BCUT2D eigenvalue weighted by atomic mass is 10.0. The SMILES string of the molecule is CO[C@@]1(COc2ccc(C)cc2)CCN(C(=O)CNS(C)(=O)=O)C1.